The number of halogens is 3. The number of nitrogens with zero attached hydrogens (tertiary/aromatic N) is 1. The third-order valence-electron chi connectivity index (χ3n) is 1.63. The van der Waals surface area contributed by atoms with Gasteiger partial charge in [-0.25, -0.2) is 0 Å². The normalized spacial score (nSPS) is 12.9. The molecule has 0 atom stereocenters. The lowest BCUT2D eigenvalue weighted by atomic mass is 10.1. The molecule has 1 rings (SSSR count). The quantitative estimate of drug-likeness (QED) is 0.446. The Balaban J connectivity index is 2.85. The molecule has 0 aromatic heterocycles. The fraction of sp³-hybridized carbons (Fsp3) is 0.222. The largest absolute Gasteiger partial charge is 0.394 e. The van der Waals surface area contributed by atoms with Gasteiger partial charge in [0.05, 0.1) is 12.1 Å². The van der Waals surface area contributed by atoms with Crippen LogP contribution in [0.5, 0.6) is 0 Å². The van der Waals surface area contributed by atoms with E-state index in [4.69, 9.17) is 5.84 Å². The van der Waals surface area contributed by atoms with Crippen molar-refractivity contribution in [1.29, 1.82) is 0 Å². The van der Waals surface area contributed by atoms with Crippen molar-refractivity contribution < 1.29 is 13.2 Å². The average molecular weight is 202 g/mol. The fourth-order valence-electron chi connectivity index (χ4n) is 1.04. The molecule has 0 radical (unpaired) electrons. The standard InChI is InChI=1S/C9H9F3N2/c10-9(11,12)6-8(14-13)7-4-2-1-3-5-7/h1-5H,6,13H2/b14-8+. The molecule has 76 valence electrons. The molecule has 2 N–H and O–H groups in total. The number of hydrazone groups is 1. The summed E-state index contributed by atoms with van der Waals surface area (Å²) >= 11 is 0. The highest BCUT2D eigenvalue weighted by Gasteiger charge is 2.30. The van der Waals surface area contributed by atoms with E-state index in [2.05, 4.69) is 5.10 Å². The number of alkyl halides is 3. The van der Waals surface area contributed by atoms with Gasteiger partial charge in [0.15, 0.2) is 0 Å². The van der Waals surface area contributed by atoms with Gasteiger partial charge in [0.2, 0.25) is 0 Å². The summed E-state index contributed by atoms with van der Waals surface area (Å²) in [5.41, 5.74) is 0.241. The Labute approximate surface area is 79.2 Å². The molecular formula is C9H9F3N2. The number of benzene rings is 1. The van der Waals surface area contributed by atoms with Crippen molar-refractivity contribution in [3.8, 4) is 0 Å². The molecule has 0 saturated heterocycles. The first-order valence-corrected chi connectivity index (χ1v) is 3.92. The van der Waals surface area contributed by atoms with E-state index in [0.29, 0.717) is 5.56 Å². The molecule has 0 spiro atoms. The van der Waals surface area contributed by atoms with Crippen LogP contribution in [0.4, 0.5) is 13.2 Å². The van der Waals surface area contributed by atoms with Crippen molar-refractivity contribution in [2.75, 3.05) is 0 Å². The van der Waals surface area contributed by atoms with Crippen molar-refractivity contribution in [3.63, 3.8) is 0 Å². The molecule has 0 fully saturated rings. The van der Waals surface area contributed by atoms with E-state index in [9.17, 15) is 13.2 Å². The summed E-state index contributed by atoms with van der Waals surface area (Å²) in [5.74, 6) is 4.90. The van der Waals surface area contributed by atoms with E-state index < -0.39 is 12.6 Å². The molecular weight excluding hydrogens is 193 g/mol. The molecule has 1 aromatic carbocycles. The van der Waals surface area contributed by atoms with Crippen LogP contribution in [-0.2, 0) is 0 Å². The zero-order valence-electron chi connectivity index (χ0n) is 7.25. The number of hydrogen-bond acceptors (Lipinski definition) is 2. The first-order chi connectivity index (χ1) is 6.53. The van der Waals surface area contributed by atoms with Crippen molar-refractivity contribution in [3.05, 3.63) is 35.9 Å². The van der Waals surface area contributed by atoms with Crippen molar-refractivity contribution in [1.82, 2.24) is 0 Å². The van der Waals surface area contributed by atoms with Gasteiger partial charge in [0.1, 0.15) is 0 Å². The van der Waals surface area contributed by atoms with E-state index in [1.807, 2.05) is 0 Å². The minimum absolute atomic E-state index is 0.155. The lowest BCUT2D eigenvalue weighted by molar-refractivity contribution is -0.121. The smallest absolute Gasteiger partial charge is 0.323 e. The predicted octanol–water partition coefficient (Wildman–Crippen LogP) is 2.30. The second-order valence-corrected chi connectivity index (χ2v) is 2.73. The highest BCUT2D eigenvalue weighted by molar-refractivity contribution is 6.00. The van der Waals surface area contributed by atoms with Gasteiger partial charge in [-0.2, -0.15) is 18.3 Å². The number of rotatable bonds is 2. The molecule has 0 bridgehead atoms. The molecule has 0 aliphatic carbocycles. The summed E-state index contributed by atoms with van der Waals surface area (Å²) in [7, 11) is 0. The first-order valence-electron chi connectivity index (χ1n) is 3.92. The predicted molar refractivity (Wildman–Crippen MR) is 47.8 cm³/mol. The van der Waals surface area contributed by atoms with Gasteiger partial charge in [-0.3, -0.25) is 0 Å². The van der Waals surface area contributed by atoms with Gasteiger partial charge in [0, 0.05) is 0 Å². The van der Waals surface area contributed by atoms with Gasteiger partial charge in [-0.15, -0.1) is 0 Å². The third-order valence-corrected chi connectivity index (χ3v) is 1.63. The molecule has 14 heavy (non-hydrogen) atoms. The van der Waals surface area contributed by atoms with E-state index in [-0.39, 0.29) is 5.71 Å². The Morgan fingerprint density at radius 2 is 1.79 bits per heavy atom. The maximum atomic E-state index is 12.0. The highest BCUT2D eigenvalue weighted by Crippen LogP contribution is 2.22. The van der Waals surface area contributed by atoms with E-state index in [1.54, 1.807) is 18.2 Å². The minimum atomic E-state index is -4.28. The minimum Gasteiger partial charge on any atom is -0.323 e. The Morgan fingerprint density at radius 3 is 2.21 bits per heavy atom. The summed E-state index contributed by atoms with van der Waals surface area (Å²) in [6.45, 7) is 0. The summed E-state index contributed by atoms with van der Waals surface area (Å²) < 4.78 is 36.1. The zero-order chi connectivity index (χ0) is 10.6. The Bertz CT molecular complexity index is 317. The van der Waals surface area contributed by atoms with Crippen LogP contribution in [0.25, 0.3) is 0 Å². The van der Waals surface area contributed by atoms with Crippen molar-refractivity contribution in [2.45, 2.75) is 12.6 Å². The number of hydrogen-bond donors (Lipinski definition) is 1. The fourth-order valence-corrected chi connectivity index (χ4v) is 1.04. The number of nitrogens with two attached hydrogens (primary N) is 1. The summed E-state index contributed by atoms with van der Waals surface area (Å²) in [6.07, 6.45) is -5.39. The average Bonchev–Trinajstić information content (AvgIpc) is 2.14. The Morgan fingerprint density at radius 1 is 1.21 bits per heavy atom. The third kappa shape index (κ3) is 3.08. The zero-order valence-corrected chi connectivity index (χ0v) is 7.25. The van der Waals surface area contributed by atoms with Crippen LogP contribution in [0, 0.1) is 0 Å². The molecule has 5 heteroatoms. The van der Waals surface area contributed by atoms with Gasteiger partial charge in [-0.05, 0) is 5.56 Å². The second kappa shape index (κ2) is 4.13. The monoisotopic (exact) mass is 202 g/mol. The van der Waals surface area contributed by atoms with Crippen LogP contribution in [0.2, 0.25) is 0 Å². The first kappa shape index (κ1) is 10.6. The molecule has 1 aromatic rings. The Hall–Kier alpha value is -1.52. The SMILES string of the molecule is N/N=C(\CC(F)(F)F)c1ccccc1. The van der Waals surface area contributed by atoms with Gasteiger partial charge < -0.3 is 5.84 Å². The van der Waals surface area contributed by atoms with Crippen LogP contribution in [0.3, 0.4) is 0 Å². The van der Waals surface area contributed by atoms with Crippen molar-refractivity contribution in [2.24, 2.45) is 10.9 Å². The van der Waals surface area contributed by atoms with Gasteiger partial charge in [-0.1, -0.05) is 30.3 Å². The molecule has 0 unspecified atom stereocenters. The summed E-state index contributed by atoms with van der Waals surface area (Å²) in [6, 6.07) is 8.06. The van der Waals surface area contributed by atoms with Crippen LogP contribution in [0.1, 0.15) is 12.0 Å². The second-order valence-electron chi connectivity index (χ2n) is 2.73. The molecule has 0 heterocycles. The Kier molecular flexibility index (Phi) is 3.11. The van der Waals surface area contributed by atoms with Crippen LogP contribution >= 0.6 is 0 Å². The van der Waals surface area contributed by atoms with Crippen LogP contribution in [0.15, 0.2) is 35.4 Å². The molecule has 0 aliphatic heterocycles. The highest BCUT2D eigenvalue weighted by atomic mass is 19.4. The summed E-state index contributed by atoms with van der Waals surface area (Å²) in [4.78, 5) is 0. The summed E-state index contributed by atoms with van der Waals surface area (Å²) in [5, 5.41) is 3.14. The maximum Gasteiger partial charge on any atom is 0.394 e. The lowest BCUT2D eigenvalue weighted by Gasteiger charge is -2.08. The van der Waals surface area contributed by atoms with Gasteiger partial charge in [0.25, 0.3) is 0 Å². The molecule has 0 amide bonds. The molecule has 2 nitrogen and oxygen atoms in total. The van der Waals surface area contributed by atoms with Crippen LogP contribution < -0.4 is 5.84 Å². The van der Waals surface area contributed by atoms with Crippen molar-refractivity contribution >= 4 is 5.71 Å². The van der Waals surface area contributed by atoms with E-state index in [1.165, 1.54) is 12.1 Å². The maximum absolute atomic E-state index is 12.0. The molecule has 0 saturated carbocycles. The van der Waals surface area contributed by atoms with Crippen LogP contribution in [-0.4, -0.2) is 11.9 Å². The van der Waals surface area contributed by atoms with E-state index >= 15 is 0 Å². The lowest BCUT2D eigenvalue weighted by Crippen LogP contribution is -2.17. The van der Waals surface area contributed by atoms with E-state index in [0.717, 1.165) is 0 Å². The topological polar surface area (TPSA) is 38.4 Å². The van der Waals surface area contributed by atoms with Gasteiger partial charge >= 0.3 is 6.18 Å². The molecule has 0 aliphatic rings.